The maximum atomic E-state index is 12.5. The summed E-state index contributed by atoms with van der Waals surface area (Å²) in [5.74, 6) is 0.391. The van der Waals surface area contributed by atoms with Crippen molar-refractivity contribution in [3.63, 3.8) is 0 Å². The number of fused-ring (bicyclic) bond motifs is 1. The minimum Gasteiger partial charge on any atom is -0.497 e. The summed E-state index contributed by atoms with van der Waals surface area (Å²) in [5.41, 5.74) is 3.27. The monoisotopic (exact) mass is 395 g/mol. The largest absolute Gasteiger partial charge is 0.497 e. The van der Waals surface area contributed by atoms with Gasteiger partial charge >= 0.3 is 12.9 Å². The highest BCUT2D eigenvalue weighted by Gasteiger charge is 2.52. The standard InChI is InChI=1S/C22H26BNO5/c1-14-11-18-19(12-17(14)23-28-21(2,3)22(4,5)29-23)27-20(25)24(18)13-15-7-9-16(26-6)10-8-15/h7-12H,13H2,1-6H3. The summed E-state index contributed by atoms with van der Waals surface area (Å²) in [4.78, 5) is 12.5. The molecular weight excluding hydrogens is 369 g/mol. The van der Waals surface area contributed by atoms with Gasteiger partial charge in [0.15, 0.2) is 5.58 Å². The molecule has 6 nitrogen and oxygen atoms in total. The Morgan fingerprint density at radius 2 is 1.66 bits per heavy atom. The summed E-state index contributed by atoms with van der Waals surface area (Å²) < 4.78 is 24.7. The van der Waals surface area contributed by atoms with Crippen LogP contribution in [0.3, 0.4) is 0 Å². The van der Waals surface area contributed by atoms with Crippen molar-refractivity contribution in [3.05, 3.63) is 58.1 Å². The van der Waals surface area contributed by atoms with Crippen molar-refractivity contribution in [1.82, 2.24) is 4.57 Å². The zero-order valence-corrected chi connectivity index (χ0v) is 17.7. The van der Waals surface area contributed by atoms with Crippen LogP contribution in [-0.4, -0.2) is 30.0 Å². The summed E-state index contributed by atoms with van der Waals surface area (Å²) in [6.45, 7) is 10.5. The fourth-order valence-corrected chi connectivity index (χ4v) is 3.52. The van der Waals surface area contributed by atoms with Gasteiger partial charge in [-0.2, -0.15) is 0 Å². The lowest BCUT2D eigenvalue weighted by molar-refractivity contribution is 0.00578. The first-order chi connectivity index (χ1) is 13.6. The molecule has 0 saturated carbocycles. The van der Waals surface area contributed by atoms with Crippen LogP contribution < -0.4 is 16.0 Å². The molecule has 0 atom stereocenters. The Morgan fingerprint density at radius 3 is 2.24 bits per heavy atom. The van der Waals surface area contributed by atoms with Crippen LogP contribution in [-0.2, 0) is 15.9 Å². The number of methoxy groups -OCH3 is 1. The quantitative estimate of drug-likeness (QED) is 0.635. The number of aromatic nitrogens is 1. The van der Waals surface area contributed by atoms with E-state index in [0.29, 0.717) is 12.1 Å². The first kappa shape index (κ1) is 19.8. The molecule has 1 aliphatic rings. The highest BCUT2D eigenvalue weighted by Crippen LogP contribution is 2.37. The van der Waals surface area contributed by atoms with Gasteiger partial charge in [-0.1, -0.05) is 12.1 Å². The van der Waals surface area contributed by atoms with Crippen molar-refractivity contribution in [2.45, 2.75) is 52.4 Å². The van der Waals surface area contributed by atoms with Crippen molar-refractivity contribution < 1.29 is 18.5 Å². The van der Waals surface area contributed by atoms with Crippen LogP contribution >= 0.6 is 0 Å². The van der Waals surface area contributed by atoms with Crippen LogP contribution in [0.25, 0.3) is 11.1 Å². The van der Waals surface area contributed by atoms with Gasteiger partial charge in [0.05, 0.1) is 30.4 Å². The predicted octanol–water partition coefficient (Wildman–Crippen LogP) is 3.26. The van der Waals surface area contributed by atoms with Crippen molar-refractivity contribution in [2.24, 2.45) is 0 Å². The van der Waals surface area contributed by atoms with Gasteiger partial charge in [-0.15, -0.1) is 0 Å². The van der Waals surface area contributed by atoms with E-state index in [1.54, 1.807) is 11.7 Å². The van der Waals surface area contributed by atoms with Crippen LogP contribution in [0.15, 0.2) is 45.6 Å². The number of rotatable bonds is 4. The van der Waals surface area contributed by atoms with Gasteiger partial charge in [-0.3, -0.25) is 4.57 Å². The number of oxazole rings is 1. The van der Waals surface area contributed by atoms with E-state index < -0.39 is 18.3 Å². The Morgan fingerprint density at radius 1 is 1.03 bits per heavy atom. The van der Waals surface area contributed by atoms with Crippen LogP contribution in [0.2, 0.25) is 0 Å². The molecule has 7 heteroatoms. The molecule has 0 radical (unpaired) electrons. The van der Waals surface area contributed by atoms with Crippen LogP contribution in [0.4, 0.5) is 0 Å². The van der Waals surface area contributed by atoms with Crippen LogP contribution in [0.5, 0.6) is 5.75 Å². The van der Waals surface area contributed by atoms with Gasteiger partial charge in [0.2, 0.25) is 0 Å². The molecule has 0 N–H and O–H groups in total. The summed E-state index contributed by atoms with van der Waals surface area (Å²) in [7, 11) is 1.13. The van der Waals surface area contributed by atoms with Gasteiger partial charge in [0.25, 0.3) is 0 Å². The molecule has 0 bridgehead atoms. The van der Waals surface area contributed by atoms with Gasteiger partial charge in [-0.25, -0.2) is 4.79 Å². The molecule has 0 spiro atoms. The lowest BCUT2D eigenvalue weighted by Crippen LogP contribution is -2.41. The normalized spacial score (nSPS) is 17.8. The Balaban J connectivity index is 1.70. The van der Waals surface area contributed by atoms with Gasteiger partial charge in [-0.05, 0) is 75.5 Å². The summed E-state index contributed by atoms with van der Waals surface area (Å²) in [5, 5.41) is 0. The Bertz CT molecular complexity index is 1090. The smallest absolute Gasteiger partial charge is 0.495 e. The third kappa shape index (κ3) is 3.38. The molecular formula is C22H26BNO5. The van der Waals surface area contributed by atoms with Crippen molar-refractivity contribution in [2.75, 3.05) is 7.11 Å². The number of aryl methyl sites for hydroxylation is 1. The van der Waals surface area contributed by atoms with E-state index in [0.717, 1.165) is 27.9 Å². The number of nitrogens with zero attached hydrogens (tertiary/aromatic N) is 1. The summed E-state index contributed by atoms with van der Waals surface area (Å²) in [6.07, 6.45) is 0. The van der Waals surface area contributed by atoms with E-state index in [4.69, 9.17) is 18.5 Å². The van der Waals surface area contributed by atoms with Crippen LogP contribution in [0.1, 0.15) is 38.8 Å². The lowest BCUT2D eigenvalue weighted by Gasteiger charge is -2.32. The highest BCUT2D eigenvalue weighted by molar-refractivity contribution is 6.62. The van der Waals surface area contributed by atoms with E-state index in [2.05, 4.69) is 0 Å². The van der Waals surface area contributed by atoms with Gasteiger partial charge in [0, 0.05) is 0 Å². The van der Waals surface area contributed by atoms with Crippen LogP contribution in [0, 0.1) is 6.92 Å². The second kappa shape index (κ2) is 6.78. The molecule has 1 aliphatic heterocycles. The van der Waals surface area contributed by atoms with Crippen molar-refractivity contribution in [1.29, 1.82) is 0 Å². The minimum absolute atomic E-state index is 0.388. The predicted molar refractivity (Wildman–Crippen MR) is 113 cm³/mol. The zero-order chi connectivity index (χ0) is 21.0. The van der Waals surface area contributed by atoms with E-state index in [9.17, 15) is 4.79 Å². The molecule has 1 aromatic heterocycles. The molecule has 0 unspecified atom stereocenters. The maximum Gasteiger partial charge on any atom is 0.495 e. The van der Waals surface area contributed by atoms with Crippen molar-refractivity contribution in [3.8, 4) is 5.75 Å². The second-order valence-electron chi connectivity index (χ2n) is 8.57. The molecule has 1 saturated heterocycles. The number of benzene rings is 2. The Labute approximate surface area is 170 Å². The highest BCUT2D eigenvalue weighted by atomic mass is 16.7. The molecule has 2 heterocycles. The van der Waals surface area contributed by atoms with Crippen molar-refractivity contribution >= 4 is 23.7 Å². The van der Waals surface area contributed by atoms with E-state index in [1.807, 2.05) is 71.0 Å². The number of hydrogen-bond acceptors (Lipinski definition) is 5. The molecule has 2 aromatic carbocycles. The van der Waals surface area contributed by atoms with E-state index >= 15 is 0 Å². The van der Waals surface area contributed by atoms with Gasteiger partial charge < -0.3 is 18.5 Å². The van der Waals surface area contributed by atoms with Gasteiger partial charge in [0.1, 0.15) is 5.75 Å². The fourth-order valence-electron chi connectivity index (χ4n) is 3.52. The minimum atomic E-state index is -0.500. The molecule has 1 fully saturated rings. The molecule has 3 aromatic rings. The average Bonchev–Trinajstić information content (AvgIpc) is 3.06. The SMILES string of the molecule is COc1ccc(Cn2c(=O)oc3cc(B4OC(C)(C)C(C)(C)O4)c(C)cc32)cc1. The molecule has 0 amide bonds. The summed E-state index contributed by atoms with van der Waals surface area (Å²) >= 11 is 0. The lowest BCUT2D eigenvalue weighted by atomic mass is 9.76. The number of hydrogen-bond donors (Lipinski definition) is 0. The Hall–Kier alpha value is -2.51. The van der Waals surface area contributed by atoms with E-state index in [1.165, 1.54) is 0 Å². The first-order valence-corrected chi connectivity index (χ1v) is 9.74. The third-order valence-electron chi connectivity index (χ3n) is 6.06. The first-order valence-electron chi connectivity index (χ1n) is 9.74. The summed E-state index contributed by atoms with van der Waals surface area (Å²) in [6, 6.07) is 11.5. The average molecular weight is 395 g/mol. The zero-order valence-electron chi connectivity index (χ0n) is 17.7. The third-order valence-corrected chi connectivity index (χ3v) is 6.06. The molecule has 0 aliphatic carbocycles. The number of ether oxygens (including phenoxy) is 1. The second-order valence-corrected chi connectivity index (χ2v) is 8.57. The maximum absolute atomic E-state index is 12.5. The molecule has 152 valence electrons. The fraction of sp³-hybridized carbons (Fsp3) is 0.409. The Kier molecular flexibility index (Phi) is 4.63. The van der Waals surface area contributed by atoms with E-state index in [-0.39, 0.29) is 5.76 Å². The molecule has 29 heavy (non-hydrogen) atoms. The molecule has 4 rings (SSSR count). The topological polar surface area (TPSA) is 62.8 Å².